The summed E-state index contributed by atoms with van der Waals surface area (Å²) in [4.78, 5) is 0.878. The van der Waals surface area contributed by atoms with Crippen LogP contribution in [0.4, 0.5) is 0 Å². The Labute approximate surface area is 111 Å². The number of hydrogen-bond donors (Lipinski definition) is 1. The van der Waals surface area contributed by atoms with Crippen LogP contribution in [0.5, 0.6) is 0 Å². The van der Waals surface area contributed by atoms with Crippen LogP contribution in [-0.4, -0.2) is 19.4 Å². The summed E-state index contributed by atoms with van der Waals surface area (Å²) in [5.74, 6) is 0.267. The van der Waals surface area contributed by atoms with Crippen molar-refractivity contribution in [2.75, 3.05) is 5.75 Å². The molecular weight excluding hydrogens is 278 g/mol. The van der Waals surface area contributed by atoms with E-state index in [2.05, 4.69) is 0 Å². The molecule has 1 aliphatic rings. The van der Waals surface area contributed by atoms with Crippen molar-refractivity contribution in [3.63, 3.8) is 0 Å². The van der Waals surface area contributed by atoms with Gasteiger partial charge in [-0.15, -0.1) is 11.3 Å². The van der Waals surface area contributed by atoms with Crippen LogP contribution in [0, 0.1) is 6.92 Å². The van der Waals surface area contributed by atoms with E-state index in [1.165, 1.54) is 11.3 Å². The predicted molar refractivity (Wildman–Crippen MR) is 72.4 cm³/mol. The van der Waals surface area contributed by atoms with Gasteiger partial charge in [0.1, 0.15) is 0 Å². The molecule has 2 atom stereocenters. The zero-order valence-electron chi connectivity index (χ0n) is 9.65. The van der Waals surface area contributed by atoms with Crippen molar-refractivity contribution in [3.05, 3.63) is 20.8 Å². The summed E-state index contributed by atoms with van der Waals surface area (Å²) >= 11 is 7.39. The lowest BCUT2D eigenvalue weighted by Crippen LogP contribution is -2.37. The first-order chi connectivity index (χ1) is 7.92. The van der Waals surface area contributed by atoms with E-state index in [1.807, 2.05) is 13.0 Å². The van der Waals surface area contributed by atoms with Crippen LogP contribution >= 0.6 is 22.9 Å². The highest BCUT2D eigenvalue weighted by atomic mass is 35.5. The molecule has 0 bridgehead atoms. The molecule has 0 aliphatic carbocycles. The van der Waals surface area contributed by atoms with E-state index in [4.69, 9.17) is 17.3 Å². The Morgan fingerprint density at radius 1 is 1.53 bits per heavy atom. The number of nitrogens with two attached hydrogens (primary N) is 1. The van der Waals surface area contributed by atoms with Crippen LogP contribution in [-0.2, 0) is 9.84 Å². The van der Waals surface area contributed by atoms with E-state index in [-0.39, 0.29) is 5.75 Å². The van der Waals surface area contributed by atoms with Gasteiger partial charge in [-0.3, -0.25) is 0 Å². The molecule has 1 saturated heterocycles. The van der Waals surface area contributed by atoms with Crippen molar-refractivity contribution in [1.29, 1.82) is 0 Å². The second-order valence-electron chi connectivity index (χ2n) is 4.53. The second kappa shape index (κ2) is 4.88. The first-order valence-electron chi connectivity index (χ1n) is 5.65. The Kier molecular flexibility index (Phi) is 3.83. The molecule has 2 heterocycles. The van der Waals surface area contributed by atoms with E-state index in [1.54, 1.807) is 0 Å². The van der Waals surface area contributed by atoms with Crippen molar-refractivity contribution >= 4 is 32.8 Å². The van der Waals surface area contributed by atoms with Crippen LogP contribution in [0.1, 0.15) is 35.7 Å². The molecule has 1 fully saturated rings. The minimum Gasteiger partial charge on any atom is -0.322 e. The van der Waals surface area contributed by atoms with E-state index in [9.17, 15) is 8.42 Å². The normalized spacial score (nSPS) is 25.7. The lowest BCUT2D eigenvalue weighted by molar-refractivity contribution is 0.507. The van der Waals surface area contributed by atoms with Crippen molar-refractivity contribution in [1.82, 2.24) is 0 Å². The van der Waals surface area contributed by atoms with Gasteiger partial charge in [0, 0.05) is 4.88 Å². The molecule has 0 radical (unpaired) electrons. The summed E-state index contributed by atoms with van der Waals surface area (Å²) in [6.07, 6.45) is 2.36. The van der Waals surface area contributed by atoms with Crippen LogP contribution in [0.25, 0.3) is 0 Å². The molecule has 2 rings (SSSR count). The molecular formula is C11H16ClNO2S2. The first kappa shape index (κ1) is 13.3. The molecule has 1 aliphatic heterocycles. The summed E-state index contributed by atoms with van der Waals surface area (Å²) in [5, 5.41) is -0.439. The fourth-order valence-electron chi connectivity index (χ4n) is 2.21. The average Bonchev–Trinajstić information content (AvgIpc) is 2.58. The molecule has 3 nitrogen and oxygen atoms in total. The lowest BCUT2D eigenvalue weighted by Gasteiger charge is -2.26. The zero-order valence-corrected chi connectivity index (χ0v) is 12.0. The third kappa shape index (κ3) is 2.67. The molecule has 6 heteroatoms. The Hall–Kier alpha value is -0.100. The van der Waals surface area contributed by atoms with Crippen LogP contribution in [0.15, 0.2) is 6.07 Å². The van der Waals surface area contributed by atoms with Crippen molar-refractivity contribution < 1.29 is 8.42 Å². The average molecular weight is 294 g/mol. The summed E-state index contributed by atoms with van der Waals surface area (Å²) in [6, 6.07) is 1.47. The summed E-state index contributed by atoms with van der Waals surface area (Å²) in [5.41, 5.74) is 7.07. The highest BCUT2D eigenvalue weighted by Crippen LogP contribution is 2.35. The number of hydrogen-bond acceptors (Lipinski definition) is 4. The van der Waals surface area contributed by atoms with E-state index >= 15 is 0 Å². The number of rotatable bonds is 2. The van der Waals surface area contributed by atoms with Gasteiger partial charge >= 0.3 is 0 Å². The summed E-state index contributed by atoms with van der Waals surface area (Å²) < 4.78 is 24.7. The maximum absolute atomic E-state index is 12.0. The lowest BCUT2D eigenvalue weighted by atomic mass is 10.1. The van der Waals surface area contributed by atoms with Gasteiger partial charge in [0.15, 0.2) is 9.84 Å². The summed E-state index contributed by atoms with van der Waals surface area (Å²) in [7, 11) is -3.04. The van der Waals surface area contributed by atoms with Crippen LogP contribution < -0.4 is 5.73 Å². The highest BCUT2D eigenvalue weighted by molar-refractivity contribution is 7.92. The molecule has 0 amide bonds. The molecule has 0 aromatic carbocycles. The standard InChI is InChI=1S/C11H16ClNO2S2/c1-7-6-8(16-11(7)12)10(13)9-4-2-3-5-17(9,14)15/h6,9-10H,2-5,13H2,1H3. The highest BCUT2D eigenvalue weighted by Gasteiger charge is 2.35. The van der Waals surface area contributed by atoms with Crippen molar-refractivity contribution in [2.24, 2.45) is 5.73 Å². The Bertz CT molecular complexity index is 490. The Morgan fingerprint density at radius 2 is 2.24 bits per heavy atom. The summed E-state index contributed by atoms with van der Waals surface area (Å²) in [6.45, 7) is 1.91. The largest absolute Gasteiger partial charge is 0.322 e. The minimum atomic E-state index is -3.04. The maximum atomic E-state index is 12.0. The van der Waals surface area contributed by atoms with Crippen LogP contribution in [0.2, 0.25) is 4.34 Å². The van der Waals surface area contributed by atoms with Gasteiger partial charge in [-0.1, -0.05) is 18.0 Å². The molecule has 0 saturated carbocycles. The quantitative estimate of drug-likeness (QED) is 0.912. The molecule has 2 N–H and O–H groups in total. The molecule has 0 spiro atoms. The number of aryl methyl sites for hydroxylation is 1. The first-order valence-corrected chi connectivity index (χ1v) is 8.56. The predicted octanol–water partition coefficient (Wildman–Crippen LogP) is 2.68. The van der Waals surface area contributed by atoms with Gasteiger partial charge in [-0.25, -0.2) is 8.42 Å². The minimum absolute atomic E-state index is 0.267. The number of thiophene rings is 1. The number of halogens is 1. The number of sulfone groups is 1. The van der Waals surface area contributed by atoms with Gasteiger partial charge < -0.3 is 5.73 Å². The third-order valence-corrected chi connectivity index (χ3v) is 7.20. The molecule has 96 valence electrons. The van der Waals surface area contributed by atoms with Gasteiger partial charge in [-0.05, 0) is 31.4 Å². The molecule has 1 aromatic rings. The smallest absolute Gasteiger partial charge is 0.155 e. The zero-order chi connectivity index (χ0) is 12.6. The third-order valence-electron chi connectivity index (χ3n) is 3.23. The SMILES string of the molecule is Cc1cc(C(N)C2CCCCS2(=O)=O)sc1Cl. The van der Waals surface area contributed by atoms with E-state index in [0.717, 1.165) is 23.3 Å². The molecule has 1 aromatic heterocycles. The van der Waals surface area contributed by atoms with Gasteiger partial charge in [-0.2, -0.15) is 0 Å². The van der Waals surface area contributed by atoms with E-state index < -0.39 is 21.1 Å². The topological polar surface area (TPSA) is 60.2 Å². The van der Waals surface area contributed by atoms with Gasteiger partial charge in [0.2, 0.25) is 0 Å². The molecule has 17 heavy (non-hydrogen) atoms. The Morgan fingerprint density at radius 3 is 2.76 bits per heavy atom. The van der Waals surface area contributed by atoms with Gasteiger partial charge in [0.05, 0.1) is 21.4 Å². The maximum Gasteiger partial charge on any atom is 0.155 e. The monoisotopic (exact) mass is 293 g/mol. The van der Waals surface area contributed by atoms with Gasteiger partial charge in [0.25, 0.3) is 0 Å². The van der Waals surface area contributed by atoms with Crippen molar-refractivity contribution in [3.8, 4) is 0 Å². The fraction of sp³-hybridized carbons (Fsp3) is 0.636. The fourth-order valence-corrected chi connectivity index (χ4v) is 5.61. The Balaban J connectivity index is 2.27. The van der Waals surface area contributed by atoms with Crippen molar-refractivity contribution in [2.45, 2.75) is 37.5 Å². The van der Waals surface area contributed by atoms with E-state index in [0.29, 0.717) is 10.8 Å². The van der Waals surface area contributed by atoms with Crippen LogP contribution in [0.3, 0.4) is 0 Å². The second-order valence-corrected chi connectivity index (χ2v) is 8.56. The molecule has 2 unspecified atom stereocenters.